The van der Waals surface area contributed by atoms with Crippen LogP contribution in [0.15, 0.2) is 58.3 Å². The Morgan fingerprint density at radius 3 is 2.42 bits per heavy atom. The minimum Gasteiger partial charge on any atom is -0.325 e. The number of hydrogen-bond acceptors (Lipinski definition) is 4. The Labute approximate surface area is 159 Å². The third-order valence-electron chi connectivity index (χ3n) is 3.80. The van der Waals surface area contributed by atoms with Gasteiger partial charge in [-0.25, -0.2) is 13.1 Å². The molecule has 0 fully saturated rings. The lowest BCUT2D eigenvalue weighted by Crippen LogP contribution is -2.24. The molecule has 0 saturated heterocycles. The van der Waals surface area contributed by atoms with Gasteiger partial charge in [0.05, 0.1) is 10.6 Å². The van der Waals surface area contributed by atoms with Crippen molar-refractivity contribution in [3.05, 3.63) is 54.1 Å². The van der Waals surface area contributed by atoms with Crippen molar-refractivity contribution in [2.45, 2.75) is 36.0 Å². The Bertz CT molecular complexity index is 834. The zero-order chi connectivity index (χ0) is 19.0. The smallest absolute Gasteiger partial charge is 0.240 e. The molecule has 0 aliphatic carbocycles. The van der Waals surface area contributed by atoms with Crippen LogP contribution in [0.25, 0.3) is 0 Å². The molecule has 0 heterocycles. The van der Waals surface area contributed by atoms with Gasteiger partial charge in [-0.3, -0.25) is 4.79 Å². The summed E-state index contributed by atoms with van der Waals surface area (Å²) >= 11 is 1.58. The highest BCUT2D eigenvalue weighted by Crippen LogP contribution is 2.24. The fourth-order valence-corrected chi connectivity index (χ4v) is 4.06. The van der Waals surface area contributed by atoms with E-state index in [2.05, 4.69) is 10.0 Å². The number of nitrogens with one attached hydrogen (secondary N) is 2. The summed E-state index contributed by atoms with van der Waals surface area (Å²) in [6.07, 6.45) is 3.60. The van der Waals surface area contributed by atoms with Crippen molar-refractivity contribution in [1.82, 2.24) is 4.72 Å². The quantitative estimate of drug-likeness (QED) is 0.639. The van der Waals surface area contributed by atoms with E-state index >= 15 is 0 Å². The molecule has 2 N–H and O–H groups in total. The molecule has 1 amide bonds. The average molecular weight is 393 g/mol. The van der Waals surface area contributed by atoms with E-state index in [9.17, 15) is 13.2 Å². The molecule has 140 valence electrons. The number of hydrogen-bond donors (Lipinski definition) is 2. The Hall–Kier alpha value is -1.83. The number of thioether (sulfide) groups is 1. The van der Waals surface area contributed by atoms with E-state index in [0.29, 0.717) is 19.4 Å². The SMILES string of the molecule is CCCNS(=O)(=O)c1ccc(CCC(=O)Nc2ccccc2SC)cc1. The van der Waals surface area contributed by atoms with Crippen molar-refractivity contribution in [1.29, 1.82) is 0 Å². The van der Waals surface area contributed by atoms with Crippen LogP contribution in [-0.4, -0.2) is 27.1 Å². The van der Waals surface area contributed by atoms with E-state index in [1.807, 2.05) is 37.4 Å². The maximum atomic E-state index is 12.2. The van der Waals surface area contributed by atoms with Gasteiger partial charge in [0.2, 0.25) is 15.9 Å². The maximum Gasteiger partial charge on any atom is 0.240 e. The Morgan fingerprint density at radius 1 is 1.08 bits per heavy atom. The zero-order valence-electron chi connectivity index (χ0n) is 15.0. The number of aryl methyl sites for hydroxylation is 1. The average Bonchev–Trinajstić information content (AvgIpc) is 2.65. The Balaban J connectivity index is 1.92. The van der Waals surface area contributed by atoms with Crippen LogP contribution in [0.4, 0.5) is 5.69 Å². The molecule has 0 radical (unpaired) electrons. The van der Waals surface area contributed by atoms with Gasteiger partial charge in [-0.05, 0) is 48.9 Å². The molecular weight excluding hydrogens is 368 g/mol. The molecule has 0 unspecified atom stereocenters. The molecule has 2 aromatic rings. The monoisotopic (exact) mass is 392 g/mol. The Morgan fingerprint density at radius 2 is 1.77 bits per heavy atom. The number of carbonyl (C=O) groups excluding carboxylic acids is 1. The van der Waals surface area contributed by atoms with Gasteiger partial charge < -0.3 is 5.32 Å². The summed E-state index contributed by atoms with van der Waals surface area (Å²) in [5, 5.41) is 2.92. The zero-order valence-corrected chi connectivity index (χ0v) is 16.6. The lowest BCUT2D eigenvalue weighted by Gasteiger charge is -2.09. The Kier molecular flexibility index (Phi) is 7.68. The van der Waals surface area contributed by atoms with Crippen molar-refractivity contribution in [3.8, 4) is 0 Å². The lowest BCUT2D eigenvalue weighted by molar-refractivity contribution is -0.116. The molecular formula is C19H24N2O3S2. The third-order valence-corrected chi connectivity index (χ3v) is 6.07. The number of anilines is 1. The second-order valence-corrected chi connectivity index (χ2v) is 8.41. The number of rotatable bonds is 9. The topological polar surface area (TPSA) is 75.3 Å². The van der Waals surface area contributed by atoms with Crippen LogP contribution in [0.5, 0.6) is 0 Å². The summed E-state index contributed by atoms with van der Waals surface area (Å²) in [6, 6.07) is 14.3. The highest BCUT2D eigenvalue weighted by molar-refractivity contribution is 7.98. The molecule has 0 aliphatic heterocycles. The number of para-hydroxylation sites is 1. The summed E-state index contributed by atoms with van der Waals surface area (Å²) in [5.41, 5.74) is 1.74. The van der Waals surface area contributed by atoms with E-state index < -0.39 is 10.0 Å². The number of carbonyl (C=O) groups is 1. The largest absolute Gasteiger partial charge is 0.325 e. The van der Waals surface area contributed by atoms with Gasteiger partial charge in [0.25, 0.3) is 0 Å². The van der Waals surface area contributed by atoms with Gasteiger partial charge in [-0.15, -0.1) is 11.8 Å². The highest BCUT2D eigenvalue weighted by Gasteiger charge is 2.13. The van der Waals surface area contributed by atoms with E-state index in [1.54, 1.807) is 36.0 Å². The second-order valence-electron chi connectivity index (χ2n) is 5.79. The first-order valence-electron chi connectivity index (χ1n) is 8.47. The van der Waals surface area contributed by atoms with Gasteiger partial charge in [0, 0.05) is 17.9 Å². The van der Waals surface area contributed by atoms with Gasteiger partial charge in [-0.1, -0.05) is 31.2 Å². The van der Waals surface area contributed by atoms with Crippen molar-refractivity contribution >= 4 is 33.4 Å². The molecule has 0 saturated carbocycles. The molecule has 5 nitrogen and oxygen atoms in total. The molecule has 0 aromatic heterocycles. The summed E-state index contributed by atoms with van der Waals surface area (Å²) in [7, 11) is -3.45. The van der Waals surface area contributed by atoms with Crippen molar-refractivity contribution in [2.24, 2.45) is 0 Å². The lowest BCUT2D eigenvalue weighted by atomic mass is 10.1. The molecule has 26 heavy (non-hydrogen) atoms. The minimum atomic E-state index is -3.45. The van der Waals surface area contributed by atoms with E-state index in [1.165, 1.54) is 0 Å². The van der Waals surface area contributed by atoms with Crippen LogP contribution in [0.3, 0.4) is 0 Å². The highest BCUT2D eigenvalue weighted by atomic mass is 32.2. The van der Waals surface area contributed by atoms with Crippen molar-refractivity contribution < 1.29 is 13.2 Å². The van der Waals surface area contributed by atoms with E-state index in [-0.39, 0.29) is 10.8 Å². The predicted molar refractivity (Wildman–Crippen MR) is 107 cm³/mol. The molecule has 0 bridgehead atoms. The summed E-state index contributed by atoms with van der Waals surface area (Å²) < 4.78 is 26.6. The normalized spacial score (nSPS) is 11.3. The first-order valence-corrected chi connectivity index (χ1v) is 11.2. The fraction of sp³-hybridized carbons (Fsp3) is 0.316. The molecule has 2 rings (SSSR count). The second kappa shape index (κ2) is 9.75. The van der Waals surface area contributed by atoms with E-state index in [4.69, 9.17) is 0 Å². The van der Waals surface area contributed by atoms with Crippen LogP contribution >= 0.6 is 11.8 Å². The van der Waals surface area contributed by atoms with Gasteiger partial charge in [-0.2, -0.15) is 0 Å². The van der Waals surface area contributed by atoms with Gasteiger partial charge >= 0.3 is 0 Å². The predicted octanol–water partition coefficient (Wildman–Crippen LogP) is 3.67. The first kappa shape index (κ1) is 20.5. The minimum absolute atomic E-state index is 0.0622. The molecule has 0 aliphatic rings. The van der Waals surface area contributed by atoms with Crippen LogP contribution in [0.1, 0.15) is 25.3 Å². The number of sulfonamides is 1. The van der Waals surface area contributed by atoms with Crippen LogP contribution in [0.2, 0.25) is 0 Å². The van der Waals surface area contributed by atoms with Crippen molar-refractivity contribution in [3.63, 3.8) is 0 Å². The summed E-state index contributed by atoms with van der Waals surface area (Å²) in [5.74, 6) is -0.0622. The molecule has 2 aromatic carbocycles. The molecule has 7 heteroatoms. The van der Waals surface area contributed by atoms with Crippen LogP contribution in [0, 0.1) is 0 Å². The maximum absolute atomic E-state index is 12.2. The molecule has 0 spiro atoms. The third kappa shape index (κ3) is 5.86. The summed E-state index contributed by atoms with van der Waals surface area (Å²) in [6.45, 7) is 2.33. The summed E-state index contributed by atoms with van der Waals surface area (Å²) in [4.78, 5) is 13.4. The van der Waals surface area contributed by atoms with Crippen LogP contribution in [-0.2, 0) is 21.2 Å². The first-order chi connectivity index (χ1) is 12.5. The van der Waals surface area contributed by atoms with Gasteiger partial charge in [0.1, 0.15) is 0 Å². The van der Waals surface area contributed by atoms with E-state index in [0.717, 1.165) is 22.6 Å². The number of benzene rings is 2. The standard InChI is InChI=1S/C19H24N2O3S2/c1-3-14-20-26(23,24)16-11-8-15(9-12-16)10-13-19(22)21-17-6-4-5-7-18(17)25-2/h4-9,11-12,20H,3,10,13-14H2,1-2H3,(H,21,22). The van der Waals surface area contributed by atoms with Crippen LogP contribution < -0.4 is 10.0 Å². The fourth-order valence-electron chi connectivity index (χ4n) is 2.37. The van der Waals surface area contributed by atoms with Crippen molar-refractivity contribution in [2.75, 3.05) is 18.1 Å². The van der Waals surface area contributed by atoms with Gasteiger partial charge in [0.15, 0.2) is 0 Å². The number of amides is 1. The molecule has 0 atom stereocenters.